The van der Waals surface area contributed by atoms with Gasteiger partial charge in [0.1, 0.15) is 0 Å². The Kier molecular flexibility index (Phi) is 8.46. The number of anilines is 2. The molecule has 3 aromatic carbocycles. The molecule has 0 atom stereocenters. The van der Waals surface area contributed by atoms with E-state index in [1.165, 1.54) is 40.7 Å². The molecule has 4 rings (SSSR count). The highest BCUT2D eigenvalue weighted by Crippen LogP contribution is 2.27. The first kappa shape index (κ1) is 28.1. The highest BCUT2D eigenvalue weighted by Gasteiger charge is 2.26. The lowest BCUT2D eigenvalue weighted by molar-refractivity contribution is 0.102. The molecule has 1 heterocycles. The van der Waals surface area contributed by atoms with Crippen LogP contribution in [0, 0.1) is 13.8 Å². The van der Waals surface area contributed by atoms with Crippen LogP contribution in [0.5, 0.6) is 0 Å². The molecule has 0 spiro atoms. The van der Waals surface area contributed by atoms with Crippen molar-refractivity contribution in [3.63, 3.8) is 0 Å². The molecule has 8 nitrogen and oxygen atoms in total. The van der Waals surface area contributed by atoms with Crippen LogP contribution >= 0.6 is 11.6 Å². The first-order valence-electron chi connectivity index (χ1n) is 12.3. The first-order valence-corrected chi connectivity index (χ1v) is 15.6. The highest BCUT2D eigenvalue weighted by molar-refractivity contribution is 7.92. The summed E-state index contributed by atoms with van der Waals surface area (Å²) in [7, 11) is -7.60. The molecular weight excluding hydrogens is 546 g/mol. The number of halogens is 1. The molecule has 1 aliphatic rings. The minimum absolute atomic E-state index is 0.0107. The molecule has 0 aromatic heterocycles. The van der Waals surface area contributed by atoms with Gasteiger partial charge >= 0.3 is 0 Å². The summed E-state index contributed by atoms with van der Waals surface area (Å²) in [6, 6.07) is 15.2. The molecule has 0 unspecified atom stereocenters. The predicted molar refractivity (Wildman–Crippen MR) is 150 cm³/mol. The smallest absolute Gasteiger partial charge is 0.261 e. The van der Waals surface area contributed by atoms with Crippen molar-refractivity contribution in [2.45, 2.75) is 49.3 Å². The second-order valence-corrected chi connectivity index (χ2v) is 13.3. The van der Waals surface area contributed by atoms with E-state index in [1.54, 1.807) is 38.1 Å². The van der Waals surface area contributed by atoms with E-state index in [9.17, 15) is 21.6 Å². The minimum atomic E-state index is -3.88. The lowest BCUT2D eigenvalue weighted by Gasteiger charge is -2.20. The molecule has 1 amide bonds. The van der Waals surface area contributed by atoms with E-state index in [0.717, 1.165) is 25.7 Å². The molecule has 1 saturated heterocycles. The maximum absolute atomic E-state index is 13.2. The van der Waals surface area contributed by atoms with Crippen LogP contribution in [0.3, 0.4) is 0 Å². The van der Waals surface area contributed by atoms with Crippen LogP contribution in [0.4, 0.5) is 11.4 Å². The Labute approximate surface area is 229 Å². The van der Waals surface area contributed by atoms with Crippen LogP contribution < -0.4 is 10.0 Å². The molecule has 0 saturated carbocycles. The quantitative estimate of drug-likeness (QED) is 0.382. The number of nitrogens with zero attached hydrogens (tertiary/aromatic N) is 1. The molecule has 0 bridgehead atoms. The van der Waals surface area contributed by atoms with Gasteiger partial charge in [-0.2, -0.15) is 4.31 Å². The number of hydrogen-bond acceptors (Lipinski definition) is 5. The topological polar surface area (TPSA) is 113 Å². The normalized spacial score (nSPS) is 15.0. The zero-order valence-electron chi connectivity index (χ0n) is 21.2. The van der Waals surface area contributed by atoms with Gasteiger partial charge in [-0.05, 0) is 86.3 Å². The molecule has 202 valence electrons. The summed E-state index contributed by atoms with van der Waals surface area (Å²) in [5, 5.41) is 3.18. The van der Waals surface area contributed by atoms with E-state index >= 15 is 0 Å². The maximum Gasteiger partial charge on any atom is 0.261 e. The van der Waals surface area contributed by atoms with Gasteiger partial charge in [-0.3, -0.25) is 9.52 Å². The Morgan fingerprint density at radius 3 is 2.13 bits per heavy atom. The van der Waals surface area contributed by atoms with Crippen molar-refractivity contribution >= 4 is 48.9 Å². The monoisotopic (exact) mass is 575 g/mol. The molecule has 0 aliphatic carbocycles. The molecule has 1 aliphatic heterocycles. The van der Waals surface area contributed by atoms with Gasteiger partial charge < -0.3 is 5.32 Å². The summed E-state index contributed by atoms with van der Waals surface area (Å²) in [6.45, 7) is 4.39. The van der Waals surface area contributed by atoms with Gasteiger partial charge in [0.25, 0.3) is 15.9 Å². The minimum Gasteiger partial charge on any atom is -0.322 e. The second kappa shape index (κ2) is 11.4. The second-order valence-electron chi connectivity index (χ2n) is 9.29. The van der Waals surface area contributed by atoms with Gasteiger partial charge in [0.05, 0.1) is 15.5 Å². The van der Waals surface area contributed by atoms with E-state index in [0.29, 0.717) is 40.6 Å². The number of hydrogen-bond donors (Lipinski definition) is 2. The molecule has 3 aromatic rings. The van der Waals surface area contributed by atoms with Crippen molar-refractivity contribution in [2.24, 2.45) is 0 Å². The van der Waals surface area contributed by atoms with Crippen molar-refractivity contribution in [3.8, 4) is 0 Å². The van der Waals surface area contributed by atoms with Crippen LogP contribution in [-0.2, 0) is 20.0 Å². The van der Waals surface area contributed by atoms with Gasteiger partial charge in [-0.15, -0.1) is 0 Å². The largest absolute Gasteiger partial charge is 0.322 e. The van der Waals surface area contributed by atoms with Crippen molar-refractivity contribution in [1.82, 2.24) is 4.31 Å². The molecule has 0 radical (unpaired) electrons. The average molecular weight is 576 g/mol. The van der Waals surface area contributed by atoms with Crippen molar-refractivity contribution < 1.29 is 21.6 Å². The fourth-order valence-corrected chi connectivity index (χ4v) is 7.12. The summed E-state index contributed by atoms with van der Waals surface area (Å²) in [5.41, 5.74) is 2.21. The molecular formula is C27H30ClN3O5S2. The number of benzene rings is 3. The van der Waals surface area contributed by atoms with Gasteiger partial charge in [0.2, 0.25) is 10.0 Å². The van der Waals surface area contributed by atoms with Gasteiger partial charge in [-0.1, -0.05) is 36.6 Å². The third-order valence-electron chi connectivity index (χ3n) is 6.59. The molecule has 11 heteroatoms. The van der Waals surface area contributed by atoms with Gasteiger partial charge in [0.15, 0.2) is 0 Å². The number of nitrogens with one attached hydrogen (secondary N) is 2. The fraction of sp³-hybridized carbons (Fsp3) is 0.296. The Morgan fingerprint density at radius 2 is 1.47 bits per heavy atom. The number of carbonyl (C=O) groups is 1. The zero-order chi connectivity index (χ0) is 27.5. The Morgan fingerprint density at radius 1 is 0.842 bits per heavy atom. The highest BCUT2D eigenvalue weighted by atomic mass is 35.5. The van der Waals surface area contributed by atoms with Crippen molar-refractivity contribution in [1.29, 1.82) is 0 Å². The number of aryl methyl sites for hydroxylation is 1. The van der Waals surface area contributed by atoms with E-state index < -0.39 is 26.0 Å². The third-order valence-corrected chi connectivity index (χ3v) is 10.3. The molecule has 38 heavy (non-hydrogen) atoms. The van der Waals surface area contributed by atoms with Crippen LogP contribution in [-0.4, -0.2) is 40.1 Å². The average Bonchev–Trinajstić information content (AvgIpc) is 3.17. The van der Waals surface area contributed by atoms with Crippen LogP contribution in [0.15, 0.2) is 70.5 Å². The fourth-order valence-electron chi connectivity index (χ4n) is 4.27. The first-order chi connectivity index (χ1) is 18.0. The summed E-state index contributed by atoms with van der Waals surface area (Å²) >= 11 is 6.09. The van der Waals surface area contributed by atoms with Gasteiger partial charge in [0, 0.05) is 29.4 Å². The summed E-state index contributed by atoms with van der Waals surface area (Å²) in [4.78, 5) is 13.2. The van der Waals surface area contributed by atoms with Crippen molar-refractivity contribution in [2.75, 3.05) is 23.1 Å². The summed E-state index contributed by atoms with van der Waals surface area (Å²) < 4.78 is 56.1. The number of amides is 1. The summed E-state index contributed by atoms with van der Waals surface area (Å²) in [5.74, 6) is -0.487. The molecule has 2 N–H and O–H groups in total. The maximum atomic E-state index is 13.2. The van der Waals surface area contributed by atoms with Crippen LogP contribution in [0.25, 0.3) is 0 Å². The summed E-state index contributed by atoms with van der Waals surface area (Å²) in [6.07, 6.45) is 3.64. The Balaban J connectivity index is 1.51. The van der Waals surface area contributed by atoms with Crippen molar-refractivity contribution in [3.05, 3.63) is 82.4 Å². The predicted octanol–water partition coefficient (Wildman–Crippen LogP) is 5.57. The van der Waals surface area contributed by atoms with E-state index in [-0.39, 0.29) is 15.4 Å². The van der Waals surface area contributed by atoms with Gasteiger partial charge in [-0.25, -0.2) is 16.8 Å². The Bertz CT molecular complexity index is 1550. The van der Waals surface area contributed by atoms with E-state index in [4.69, 9.17) is 11.6 Å². The van der Waals surface area contributed by atoms with E-state index in [1.807, 2.05) is 0 Å². The number of rotatable bonds is 7. The lowest BCUT2D eigenvalue weighted by atomic mass is 10.1. The third kappa shape index (κ3) is 6.20. The zero-order valence-corrected chi connectivity index (χ0v) is 23.6. The number of carbonyl (C=O) groups excluding carboxylic acids is 1. The lowest BCUT2D eigenvalue weighted by Crippen LogP contribution is -2.32. The number of sulfonamides is 2. The van der Waals surface area contributed by atoms with Crippen LogP contribution in [0.1, 0.15) is 47.2 Å². The SMILES string of the molecule is Cc1ccc(S(=O)(=O)N2CCCCCC2)cc1C(=O)Nc1ccc(S(=O)(=O)Nc2cccc(Cl)c2C)cc1. The molecule has 1 fully saturated rings. The van der Waals surface area contributed by atoms with E-state index in [2.05, 4.69) is 10.0 Å². The Hall–Kier alpha value is -2.92. The standard InChI is InChI=1S/C27H30ClN3O5S2/c1-19-10-13-23(38(35,36)31-16-5-3-4-6-17-31)18-24(19)27(32)29-21-11-14-22(15-12-21)37(33,34)30-26-9-7-8-25(28)20(26)2/h7-15,18,30H,3-6,16-17H2,1-2H3,(H,29,32). The van der Waals surface area contributed by atoms with Crippen LogP contribution in [0.2, 0.25) is 5.02 Å².